The number of primary amides is 1. The molecule has 2 rings (SSSR count). The number of amides is 2. The maximum atomic E-state index is 11.6. The van der Waals surface area contributed by atoms with Crippen LogP contribution in [0.5, 0.6) is 0 Å². The Morgan fingerprint density at radius 3 is 2.74 bits per heavy atom. The van der Waals surface area contributed by atoms with Gasteiger partial charge < -0.3 is 10.5 Å². The number of hydrogen-bond acceptors (Lipinski definition) is 7. The summed E-state index contributed by atoms with van der Waals surface area (Å²) in [4.78, 5) is 33.5. The van der Waals surface area contributed by atoms with Gasteiger partial charge in [0.05, 0.1) is 11.5 Å². The molecule has 0 saturated heterocycles. The van der Waals surface area contributed by atoms with Crippen LogP contribution in [0, 0.1) is 10.1 Å². The molecule has 0 saturated carbocycles. The molecular weight excluding hydrogens is 308 g/mol. The smallest absolute Gasteiger partial charge is 0.412 e. The van der Waals surface area contributed by atoms with E-state index in [1.807, 2.05) is 0 Å². The first-order valence-corrected chi connectivity index (χ1v) is 6.38. The molecule has 1 heterocycles. The first-order chi connectivity index (χ1) is 11.0. The van der Waals surface area contributed by atoms with Crippen molar-refractivity contribution in [2.45, 2.75) is 6.92 Å². The average molecular weight is 320 g/mol. The summed E-state index contributed by atoms with van der Waals surface area (Å²) >= 11 is 0. The van der Waals surface area contributed by atoms with Crippen molar-refractivity contribution < 1.29 is 19.2 Å². The molecule has 3 N–H and O–H groups in total. The zero-order valence-electron chi connectivity index (χ0n) is 11.9. The Hall–Kier alpha value is -3.50. The van der Waals surface area contributed by atoms with Crippen molar-refractivity contribution >= 4 is 23.5 Å². The summed E-state index contributed by atoms with van der Waals surface area (Å²) in [6.45, 7) is 1.68. The highest BCUT2D eigenvalue weighted by atomic mass is 16.6. The van der Waals surface area contributed by atoms with Gasteiger partial charge in [-0.15, -0.1) is 5.10 Å². The highest BCUT2D eigenvalue weighted by molar-refractivity contribution is 5.99. The van der Waals surface area contributed by atoms with Crippen LogP contribution in [-0.4, -0.2) is 38.5 Å². The van der Waals surface area contributed by atoms with E-state index in [-0.39, 0.29) is 29.5 Å². The Bertz CT molecular complexity index is 771. The fraction of sp³-hybridized carbons (Fsp3) is 0.167. The van der Waals surface area contributed by atoms with Crippen LogP contribution in [-0.2, 0) is 4.74 Å². The number of hydrogen-bond donors (Lipinski definition) is 2. The number of carbonyl (C=O) groups is 2. The molecule has 0 aliphatic carbocycles. The molecule has 0 aliphatic heterocycles. The lowest BCUT2D eigenvalue weighted by Gasteiger charge is -2.09. The molecule has 2 aromatic rings. The number of nitro groups is 1. The standard InChI is InChI=1S/C12H12N6O5/c1-2-23-12(20)14-11-9(10(13)19)15-16-17(11)7-5-3-4-6-8(7)18(21)22/h3-6H,2H2,1H3,(H2,13,19)(H,14,20). The van der Waals surface area contributed by atoms with Crippen molar-refractivity contribution in [3.05, 3.63) is 40.1 Å². The Labute approximate surface area is 129 Å². The molecule has 2 amide bonds. The van der Waals surface area contributed by atoms with E-state index in [1.165, 1.54) is 24.3 Å². The Kier molecular flexibility index (Phi) is 4.50. The molecule has 1 aromatic carbocycles. The number of nitro benzene ring substituents is 1. The van der Waals surface area contributed by atoms with E-state index in [9.17, 15) is 19.7 Å². The van der Waals surface area contributed by atoms with Gasteiger partial charge in [0.25, 0.3) is 11.6 Å². The fourth-order valence-corrected chi connectivity index (χ4v) is 1.79. The van der Waals surface area contributed by atoms with Crippen LogP contribution < -0.4 is 11.1 Å². The van der Waals surface area contributed by atoms with Crippen LogP contribution in [0.1, 0.15) is 17.4 Å². The molecule has 0 aliphatic rings. The van der Waals surface area contributed by atoms with Gasteiger partial charge >= 0.3 is 6.09 Å². The van der Waals surface area contributed by atoms with E-state index in [0.717, 1.165) is 4.68 Å². The second kappa shape index (κ2) is 6.51. The number of ether oxygens (including phenoxy) is 1. The summed E-state index contributed by atoms with van der Waals surface area (Å²) in [6, 6.07) is 5.62. The largest absolute Gasteiger partial charge is 0.450 e. The van der Waals surface area contributed by atoms with Crippen LogP contribution in [0.3, 0.4) is 0 Å². The minimum absolute atomic E-state index is 0.00398. The zero-order valence-corrected chi connectivity index (χ0v) is 11.9. The van der Waals surface area contributed by atoms with Gasteiger partial charge in [0.1, 0.15) is 5.69 Å². The number of nitrogens with zero attached hydrogens (tertiary/aromatic N) is 4. The lowest BCUT2D eigenvalue weighted by Crippen LogP contribution is -2.20. The second-order valence-corrected chi connectivity index (χ2v) is 4.15. The van der Waals surface area contributed by atoms with Gasteiger partial charge in [-0.05, 0) is 13.0 Å². The van der Waals surface area contributed by atoms with E-state index in [2.05, 4.69) is 15.6 Å². The average Bonchev–Trinajstić information content (AvgIpc) is 2.91. The topological polar surface area (TPSA) is 155 Å². The van der Waals surface area contributed by atoms with E-state index in [4.69, 9.17) is 10.5 Å². The molecule has 0 atom stereocenters. The fourth-order valence-electron chi connectivity index (χ4n) is 1.79. The van der Waals surface area contributed by atoms with Gasteiger partial charge in [-0.3, -0.25) is 20.2 Å². The van der Waals surface area contributed by atoms with Gasteiger partial charge in [-0.25, -0.2) is 4.79 Å². The second-order valence-electron chi connectivity index (χ2n) is 4.15. The molecule has 23 heavy (non-hydrogen) atoms. The minimum atomic E-state index is -0.957. The molecule has 0 bridgehead atoms. The maximum absolute atomic E-state index is 11.6. The normalized spacial score (nSPS) is 10.1. The molecule has 0 spiro atoms. The molecular formula is C12H12N6O5. The quantitative estimate of drug-likeness (QED) is 0.610. The predicted molar refractivity (Wildman–Crippen MR) is 77.2 cm³/mol. The van der Waals surface area contributed by atoms with Crippen LogP contribution in [0.15, 0.2) is 24.3 Å². The highest BCUT2D eigenvalue weighted by Gasteiger charge is 2.25. The number of para-hydroxylation sites is 2. The first kappa shape index (κ1) is 15.9. The van der Waals surface area contributed by atoms with Crippen LogP contribution in [0.4, 0.5) is 16.3 Å². The number of anilines is 1. The number of aromatic nitrogens is 3. The van der Waals surface area contributed by atoms with E-state index < -0.39 is 16.9 Å². The molecule has 0 unspecified atom stereocenters. The van der Waals surface area contributed by atoms with Gasteiger partial charge in [-0.2, -0.15) is 4.68 Å². The van der Waals surface area contributed by atoms with Crippen molar-refractivity contribution in [3.8, 4) is 5.69 Å². The minimum Gasteiger partial charge on any atom is -0.450 e. The zero-order chi connectivity index (χ0) is 17.0. The molecule has 0 fully saturated rings. The number of nitrogens with one attached hydrogen (secondary N) is 1. The van der Waals surface area contributed by atoms with Gasteiger partial charge in [0, 0.05) is 6.07 Å². The lowest BCUT2D eigenvalue weighted by molar-refractivity contribution is -0.384. The van der Waals surface area contributed by atoms with Crippen LogP contribution in [0.25, 0.3) is 5.69 Å². The SMILES string of the molecule is CCOC(=O)Nc1c(C(N)=O)nnn1-c1ccccc1[N+](=O)[O-]. The number of nitrogens with two attached hydrogens (primary N) is 1. The van der Waals surface area contributed by atoms with E-state index in [0.29, 0.717) is 0 Å². The summed E-state index contributed by atoms with van der Waals surface area (Å²) in [7, 11) is 0. The summed E-state index contributed by atoms with van der Waals surface area (Å²) < 4.78 is 5.65. The molecule has 0 radical (unpaired) electrons. The van der Waals surface area contributed by atoms with Gasteiger partial charge in [-0.1, -0.05) is 17.3 Å². The summed E-state index contributed by atoms with van der Waals surface area (Å²) in [5.41, 5.74) is 4.53. The van der Waals surface area contributed by atoms with Gasteiger partial charge in [0.15, 0.2) is 11.5 Å². The van der Waals surface area contributed by atoms with Crippen molar-refractivity contribution in [2.24, 2.45) is 5.73 Å². The predicted octanol–water partition coefficient (Wildman–Crippen LogP) is 0.843. The van der Waals surface area contributed by atoms with Gasteiger partial charge in [0.2, 0.25) is 0 Å². The summed E-state index contributed by atoms with van der Waals surface area (Å²) in [5.74, 6) is -1.17. The Morgan fingerprint density at radius 2 is 2.13 bits per heavy atom. The third-order valence-corrected chi connectivity index (χ3v) is 2.71. The first-order valence-electron chi connectivity index (χ1n) is 6.38. The molecule has 120 valence electrons. The maximum Gasteiger partial charge on any atom is 0.412 e. The third kappa shape index (κ3) is 3.23. The molecule has 11 nitrogen and oxygen atoms in total. The van der Waals surface area contributed by atoms with Crippen molar-refractivity contribution in [1.82, 2.24) is 15.0 Å². The van der Waals surface area contributed by atoms with E-state index >= 15 is 0 Å². The monoisotopic (exact) mass is 320 g/mol. The summed E-state index contributed by atoms with van der Waals surface area (Å²) in [5, 5.41) is 20.6. The van der Waals surface area contributed by atoms with Crippen molar-refractivity contribution in [2.75, 3.05) is 11.9 Å². The lowest BCUT2D eigenvalue weighted by atomic mass is 10.2. The van der Waals surface area contributed by atoms with E-state index in [1.54, 1.807) is 6.92 Å². The number of rotatable bonds is 5. The Morgan fingerprint density at radius 1 is 1.43 bits per heavy atom. The highest BCUT2D eigenvalue weighted by Crippen LogP contribution is 2.26. The number of benzene rings is 1. The number of carbonyl (C=O) groups excluding carboxylic acids is 2. The van der Waals surface area contributed by atoms with Crippen LogP contribution in [0.2, 0.25) is 0 Å². The summed E-state index contributed by atoms with van der Waals surface area (Å²) in [6.07, 6.45) is -0.878. The van der Waals surface area contributed by atoms with Crippen LogP contribution >= 0.6 is 0 Å². The Balaban J connectivity index is 2.57. The van der Waals surface area contributed by atoms with Crippen molar-refractivity contribution in [1.29, 1.82) is 0 Å². The van der Waals surface area contributed by atoms with Crippen molar-refractivity contribution in [3.63, 3.8) is 0 Å². The molecule has 11 heteroatoms. The third-order valence-electron chi connectivity index (χ3n) is 2.71. The molecule has 1 aromatic heterocycles.